The molecule has 24 heavy (non-hydrogen) atoms. The summed E-state index contributed by atoms with van der Waals surface area (Å²) in [6.07, 6.45) is 5.32. The predicted molar refractivity (Wildman–Crippen MR) is 99.0 cm³/mol. The maximum atomic E-state index is 12.7. The van der Waals surface area contributed by atoms with Gasteiger partial charge in [0.15, 0.2) is 0 Å². The second-order valence-electron chi connectivity index (χ2n) is 7.15. The topological polar surface area (TPSA) is 41.6 Å². The quantitative estimate of drug-likeness (QED) is 0.883. The third kappa shape index (κ3) is 4.22. The van der Waals surface area contributed by atoms with Gasteiger partial charge in [-0.05, 0) is 49.3 Å². The van der Waals surface area contributed by atoms with Crippen molar-refractivity contribution < 1.29 is 9.53 Å². The molecule has 2 fully saturated rings. The van der Waals surface area contributed by atoms with E-state index in [-0.39, 0.29) is 24.2 Å². The zero-order valence-corrected chi connectivity index (χ0v) is 15.6. The van der Waals surface area contributed by atoms with Gasteiger partial charge in [0.05, 0.1) is 7.11 Å². The SMILES string of the molecule is COc1ccc(C(C)CC(=O)N(C)C2CC3CCC(C2)N3)cc1.Cl. The van der Waals surface area contributed by atoms with Gasteiger partial charge in [-0.15, -0.1) is 12.4 Å². The molecule has 2 heterocycles. The van der Waals surface area contributed by atoms with Gasteiger partial charge in [-0.2, -0.15) is 0 Å². The van der Waals surface area contributed by atoms with Crippen LogP contribution in [0.4, 0.5) is 0 Å². The molecule has 5 heteroatoms. The van der Waals surface area contributed by atoms with Crippen molar-refractivity contribution in [1.29, 1.82) is 0 Å². The molecule has 0 radical (unpaired) electrons. The molecule has 1 amide bonds. The molecule has 3 rings (SSSR count). The van der Waals surface area contributed by atoms with Gasteiger partial charge in [0, 0.05) is 31.6 Å². The molecule has 0 saturated carbocycles. The monoisotopic (exact) mass is 352 g/mol. The second kappa shape index (κ2) is 8.21. The molecule has 2 aliphatic rings. The van der Waals surface area contributed by atoms with E-state index in [1.54, 1.807) is 7.11 Å². The van der Waals surface area contributed by atoms with Gasteiger partial charge in [0.2, 0.25) is 5.91 Å². The lowest BCUT2D eigenvalue weighted by Crippen LogP contribution is -2.48. The van der Waals surface area contributed by atoms with Crippen LogP contribution in [-0.4, -0.2) is 43.1 Å². The lowest BCUT2D eigenvalue weighted by Gasteiger charge is -2.36. The van der Waals surface area contributed by atoms with Crippen LogP contribution >= 0.6 is 12.4 Å². The largest absolute Gasteiger partial charge is 0.497 e. The minimum Gasteiger partial charge on any atom is -0.497 e. The number of carbonyl (C=O) groups excluding carboxylic acids is 1. The fourth-order valence-electron chi connectivity index (χ4n) is 4.00. The molecular formula is C19H29ClN2O2. The molecule has 2 bridgehead atoms. The number of ether oxygens (including phenoxy) is 1. The van der Waals surface area contributed by atoms with E-state index in [2.05, 4.69) is 24.4 Å². The Morgan fingerprint density at radius 1 is 1.25 bits per heavy atom. The van der Waals surface area contributed by atoms with Gasteiger partial charge < -0.3 is 15.0 Å². The molecule has 3 atom stereocenters. The number of benzene rings is 1. The predicted octanol–water partition coefficient (Wildman–Crippen LogP) is 3.35. The van der Waals surface area contributed by atoms with E-state index in [9.17, 15) is 4.79 Å². The third-order valence-electron chi connectivity index (χ3n) is 5.55. The van der Waals surface area contributed by atoms with Gasteiger partial charge >= 0.3 is 0 Å². The molecule has 2 saturated heterocycles. The number of hydrogen-bond donors (Lipinski definition) is 1. The molecular weight excluding hydrogens is 324 g/mol. The molecule has 1 aromatic carbocycles. The van der Waals surface area contributed by atoms with Gasteiger partial charge in [-0.3, -0.25) is 4.79 Å². The Labute approximate surface area is 151 Å². The highest BCUT2D eigenvalue weighted by atomic mass is 35.5. The summed E-state index contributed by atoms with van der Waals surface area (Å²) in [5.74, 6) is 1.35. The maximum Gasteiger partial charge on any atom is 0.223 e. The fraction of sp³-hybridized carbons (Fsp3) is 0.632. The smallest absolute Gasteiger partial charge is 0.223 e. The molecule has 4 nitrogen and oxygen atoms in total. The second-order valence-corrected chi connectivity index (χ2v) is 7.15. The number of nitrogens with zero attached hydrogens (tertiary/aromatic N) is 1. The first-order valence-corrected chi connectivity index (χ1v) is 8.72. The summed E-state index contributed by atoms with van der Waals surface area (Å²) in [6.45, 7) is 2.12. The normalized spacial score (nSPS) is 26.4. The average Bonchev–Trinajstić information content (AvgIpc) is 2.92. The van der Waals surface area contributed by atoms with Crippen LogP contribution in [-0.2, 0) is 4.79 Å². The Morgan fingerprint density at radius 3 is 2.38 bits per heavy atom. The zero-order chi connectivity index (χ0) is 16.4. The molecule has 1 N–H and O–H groups in total. The maximum absolute atomic E-state index is 12.7. The van der Waals surface area contributed by atoms with E-state index in [4.69, 9.17) is 4.74 Å². The lowest BCUT2D eigenvalue weighted by molar-refractivity contribution is -0.133. The van der Waals surface area contributed by atoms with Crippen molar-refractivity contribution in [3.8, 4) is 5.75 Å². The summed E-state index contributed by atoms with van der Waals surface area (Å²) < 4.78 is 5.19. The van der Waals surface area contributed by atoms with Gasteiger partial charge in [0.25, 0.3) is 0 Å². The summed E-state index contributed by atoms with van der Waals surface area (Å²) >= 11 is 0. The fourth-order valence-corrected chi connectivity index (χ4v) is 4.00. The highest BCUT2D eigenvalue weighted by Gasteiger charge is 2.36. The number of rotatable bonds is 5. The third-order valence-corrected chi connectivity index (χ3v) is 5.55. The summed E-state index contributed by atoms with van der Waals surface area (Å²) in [4.78, 5) is 14.7. The first-order chi connectivity index (χ1) is 11.1. The van der Waals surface area contributed by atoms with Crippen LogP contribution in [0.25, 0.3) is 0 Å². The standard InChI is InChI=1S/C19H28N2O2.ClH/c1-13(14-4-8-18(23-3)9-5-14)10-19(22)21(2)17-11-15-6-7-16(12-17)20-15;/h4-5,8-9,13,15-17,20H,6-7,10-12H2,1-3H3;1H. The van der Waals surface area contributed by atoms with Crippen LogP contribution in [0, 0.1) is 0 Å². The van der Waals surface area contributed by atoms with Crippen molar-refractivity contribution >= 4 is 18.3 Å². The van der Waals surface area contributed by atoms with Crippen LogP contribution in [0.3, 0.4) is 0 Å². The Kier molecular flexibility index (Phi) is 6.53. The first-order valence-electron chi connectivity index (χ1n) is 8.72. The summed E-state index contributed by atoms with van der Waals surface area (Å²) in [7, 11) is 3.65. The van der Waals surface area contributed by atoms with Crippen molar-refractivity contribution in [3.63, 3.8) is 0 Å². The van der Waals surface area contributed by atoms with E-state index >= 15 is 0 Å². The Balaban J connectivity index is 0.00000208. The highest BCUT2D eigenvalue weighted by Crippen LogP contribution is 2.30. The van der Waals surface area contributed by atoms with E-state index in [1.165, 1.54) is 18.4 Å². The Bertz CT molecular complexity index is 537. The molecule has 0 aromatic heterocycles. The van der Waals surface area contributed by atoms with Crippen molar-refractivity contribution in [2.24, 2.45) is 0 Å². The number of amides is 1. The van der Waals surface area contributed by atoms with Crippen molar-refractivity contribution in [1.82, 2.24) is 10.2 Å². The van der Waals surface area contributed by atoms with Crippen LogP contribution in [0.1, 0.15) is 50.5 Å². The van der Waals surface area contributed by atoms with Crippen molar-refractivity contribution in [2.45, 2.75) is 63.1 Å². The molecule has 0 aliphatic carbocycles. The van der Waals surface area contributed by atoms with Crippen LogP contribution in [0.2, 0.25) is 0 Å². The van der Waals surface area contributed by atoms with Crippen molar-refractivity contribution in [2.75, 3.05) is 14.2 Å². The van der Waals surface area contributed by atoms with Crippen LogP contribution in [0.15, 0.2) is 24.3 Å². The van der Waals surface area contributed by atoms with E-state index in [0.717, 1.165) is 18.6 Å². The highest BCUT2D eigenvalue weighted by molar-refractivity contribution is 5.85. The molecule has 2 aliphatic heterocycles. The van der Waals surface area contributed by atoms with Crippen molar-refractivity contribution in [3.05, 3.63) is 29.8 Å². The molecule has 0 spiro atoms. The van der Waals surface area contributed by atoms with Gasteiger partial charge in [-0.25, -0.2) is 0 Å². The number of fused-ring (bicyclic) bond motifs is 2. The van der Waals surface area contributed by atoms with E-state index in [0.29, 0.717) is 24.5 Å². The average molecular weight is 353 g/mol. The van der Waals surface area contributed by atoms with Crippen LogP contribution < -0.4 is 10.1 Å². The molecule has 134 valence electrons. The van der Waals surface area contributed by atoms with E-state index < -0.39 is 0 Å². The Morgan fingerprint density at radius 2 is 1.83 bits per heavy atom. The van der Waals surface area contributed by atoms with Gasteiger partial charge in [-0.1, -0.05) is 19.1 Å². The minimum atomic E-state index is 0. The number of piperidine rings is 1. The first kappa shape index (κ1) is 19.1. The molecule has 3 unspecified atom stereocenters. The summed E-state index contributed by atoms with van der Waals surface area (Å²) in [6, 6.07) is 9.68. The summed E-state index contributed by atoms with van der Waals surface area (Å²) in [5, 5.41) is 3.64. The number of nitrogens with one attached hydrogen (secondary N) is 1. The number of carbonyl (C=O) groups is 1. The van der Waals surface area contributed by atoms with Crippen LogP contribution in [0.5, 0.6) is 5.75 Å². The Hall–Kier alpha value is -1.26. The number of methoxy groups -OCH3 is 1. The summed E-state index contributed by atoms with van der Waals surface area (Å²) in [5.41, 5.74) is 1.19. The van der Waals surface area contributed by atoms with E-state index in [1.807, 2.05) is 24.1 Å². The number of hydrogen-bond acceptors (Lipinski definition) is 3. The lowest BCUT2D eigenvalue weighted by atomic mass is 9.95. The number of halogens is 1. The van der Waals surface area contributed by atoms with Gasteiger partial charge in [0.1, 0.15) is 5.75 Å². The molecule has 1 aromatic rings. The zero-order valence-electron chi connectivity index (χ0n) is 14.8. The minimum absolute atomic E-state index is 0.